The number of aliphatic hydroxyl groups excluding tert-OH is 1. The van der Waals surface area contributed by atoms with Crippen LogP contribution in [0.4, 0.5) is 4.39 Å². The van der Waals surface area contributed by atoms with Crippen molar-refractivity contribution in [1.29, 1.82) is 0 Å². The van der Waals surface area contributed by atoms with Gasteiger partial charge in [-0.2, -0.15) is 0 Å². The number of benzene rings is 1. The zero-order chi connectivity index (χ0) is 21.7. The third-order valence-corrected chi connectivity index (χ3v) is 6.00. The van der Waals surface area contributed by atoms with E-state index in [9.17, 15) is 19.1 Å². The molecule has 1 fully saturated rings. The third-order valence-electron chi connectivity index (χ3n) is 5.18. The van der Waals surface area contributed by atoms with E-state index in [0.717, 1.165) is 18.2 Å². The highest BCUT2D eigenvalue weighted by molar-refractivity contribution is 7.98. The molecule has 0 radical (unpaired) electrons. The van der Waals surface area contributed by atoms with Gasteiger partial charge < -0.3 is 14.7 Å². The van der Waals surface area contributed by atoms with E-state index < -0.39 is 17.6 Å². The van der Waals surface area contributed by atoms with Crippen LogP contribution in [-0.2, 0) is 25.7 Å². The number of amides is 2. The Kier molecular flexibility index (Phi) is 7.70. The maximum atomic E-state index is 13.5. The normalized spacial score (nSPS) is 17.7. The molecule has 2 aliphatic rings. The molecule has 0 atom stereocenters. The summed E-state index contributed by atoms with van der Waals surface area (Å²) in [6.45, 7) is 4.03. The summed E-state index contributed by atoms with van der Waals surface area (Å²) in [4.78, 5) is 34.9. The largest absolute Gasteiger partial charge is 0.503 e. The fraction of sp³-hybridized carbons (Fsp3) is 0.500. The molecule has 1 N–H and O–H groups in total. The number of ether oxygens (including phenoxy) is 1. The van der Waals surface area contributed by atoms with Crippen LogP contribution in [0.15, 0.2) is 34.4 Å². The fourth-order valence-corrected chi connectivity index (χ4v) is 4.05. The van der Waals surface area contributed by atoms with E-state index in [2.05, 4.69) is 4.90 Å². The zero-order valence-corrected chi connectivity index (χ0v) is 17.9. The van der Waals surface area contributed by atoms with Crippen LogP contribution in [0.1, 0.15) is 5.56 Å². The SMILES string of the molecule is CON(Cc1ccc(F)cc1SC)C(=O)C1=C(O)C(=O)N(CCN2CCOCC2)C1. The predicted octanol–water partition coefficient (Wildman–Crippen LogP) is 1.42. The molecule has 0 aromatic heterocycles. The zero-order valence-electron chi connectivity index (χ0n) is 17.1. The Morgan fingerprint density at radius 1 is 1.33 bits per heavy atom. The molecule has 0 spiro atoms. The molecule has 1 saturated heterocycles. The minimum absolute atomic E-state index is 0.00311. The van der Waals surface area contributed by atoms with Crippen molar-refractivity contribution in [3.05, 3.63) is 40.9 Å². The second-order valence-electron chi connectivity index (χ2n) is 6.99. The van der Waals surface area contributed by atoms with E-state index in [1.165, 1.54) is 35.9 Å². The van der Waals surface area contributed by atoms with Gasteiger partial charge in [0.25, 0.3) is 11.8 Å². The summed E-state index contributed by atoms with van der Waals surface area (Å²) in [6.07, 6.45) is 1.81. The molecule has 3 rings (SSSR count). The van der Waals surface area contributed by atoms with E-state index in [4.69, 9.17) is 9.57 Å². The van der Waals surface area contributed by atoms with Crippen molar-refractivity contribution in [3.63, 3.8) is 0 Å². The Morgan fingerprint density at radius 2 is 2.07 bits per heavy atom. The van der Waals surface area contributed by atoms with E-state index in [1.54, 1.807) is 6.07 Å². The first kappa shape index (κ1) is 22.5. The van der Waals surface area contributed by atoms with Crippen molar-refractivity contribution in [2.24, 2.45) is 0 Å². The first-order valence-electron chi connectivity index (χ1n) is 9.64. The van der Waals surface area contributed by atoms with Crippen LogP contribution in [0, 0.1) is 5.82 Å². The Morgan fingerprint density at radius 3 is 2.73 bits per heavy atom. The maximum Gasteiger partial charge on any atom is 0.289 e. The van der Waals surface area contributed by atoms with Gasteiger partial charge in [-0.25, -0.2) is 9.45 Å². The molecule has 30 heavy (non-hydrogen) atoms. The lowest BCUT2D eigenvalue weighted by Crippen LogP contribution is -2.42. The van der Waals surface area contributed by atoms with Gasteiger partial charge in [-0.3, -0.25) is 19.3 Å². The quantitative estimate of drug-likeness (QED) is 0.485. The molecule has 2 amide bonds. The summed E-state index contributed by atoms with van der Waals surface area (Å²) in [7, 11) is 1.34. The molecule has 0 saturated carbocycles. The monoisotopic (exact) mass is 439 g/mol. The molecule has 1 aromatic rings. The molecular weight excluding hydrogens is 413 g/mol. The molecule has 8 nitrogen and oxygen atoms in total. The van der Waals surface area contributed by atoms with Gasteiger partial charge in [0.2, 0.25) is 0 Å². The minimum atomic E-state index is -0.589. The molecular formula is C20H26FN3O5S. The Balaban J connectivity index is 1.65. The van der Waals surface area contributed by atoms with Crippen LogP contribution in [0.3, 0.4) is 0 Å². The topological polar surface area (TPSA) is 82.5 Å². The standard InChI is InChI=1S/C20H26FN3O5S/c1-28-24(12-14-3-4-15(21)11-17(14)30-2)19(26)16-13-23(20(27)18(16)25)6-5-22-7-9-29-10-8-22/h3-4,11,25H,5-10,12-13H2,1-2H3. The smallest absolute Gasteiger partial charge is 0.289 e. The summed E-state index contributed by atoms with van der Waals surface area (Å²) < 4.78 is 18.8. The van der Waals surface area contributed by atoms with Crippen LogP contribution in [0.2, 0.25) is 0 Å². The Bertz CT molecular complexity index is 829. The number of hydrogen-bond donors (Lipinski definition) is 1. The van der Waals surface area contributed by atoms with Crippen molar-refractivity contribution < 1.29 is 28.7 Å². The first-order chi connectivity index (χ1) is 14.4. The average molecular weight is 440 g/mol. The van der Waals surface area contributed by atoms with Crippen molar-refractivity contribution in [2.75, 3.05) is 59.3 Å². The summed E-state index contributed by atoms with van der Waals surface area (Å²) in [5.74, 6) is -2.06. The number of aliphatic hydroxyl groups is 1. The summed E-state index contributed by atoms with van der Waals surface area (Å²) in [5, 5.41) is 11.3. The van der Waals surface area contributed by atoms with Gasteiger partial charge in [0.05, 0.1) is 39.0 Å². The number of nitrogens with zero attached hydrogens (tertiary/aromatic N) is 3. The molecule has 2 heterocycles. The molecule has 0 aliphatic carbocycles. The van der Waals surface area contributed by atoms with Crippen molar-refractivity contribution in [2.45, 2.75) is 11.4 Å². The fourth-order valence-electron chi connectivity index (χ4n) is 3.43. The van der Waals surface area contributed by atoms with Gasteiger partial charge >= 0.3 is 0 Å². The van der Waals surface area contributed by atoms with Gasteiger partial charge in [-0.1, -0.05) is 6.07 Å². The van der Waals surface area contributed by atoms with Crippen LogP contribution < -0.4 is 0 Å². The number of halogens is 1. The number of carbonyl (C=O) groups is 2. The van der Waals surface area contributed by atoms with E-state index in [1.807, 2.05) is 6.26 Å². The van der Waals surface area contributed by atoms with Gasteiger partial charge in [0, 0.05) is 31.1 Å². The highest BCUT2D eigenvalue weighted by Crippen LogP contribution is 2.25. The lowest BCUT2D eigenvalue weighted by Gasteiger charge is -2.28. The van der Waals surface area contributed by atoms with Gasteiger partial charge in [-0.05, 0) is 24.0 Å². The number of carbonyl (C=O) groups excluding carboxylic acids is 2. The molecule has 2 aliphatic heterocycles. The van der Waals surface area contributed by atoms with E-state index >= 15 is 0 Å². The van der Waals surface area contributed by atoms with Gasteiger partial charge in [-0.15, -0.1) is 11.8 Å². The Hall–Kier alpha value is -2.14. The lowest BCUT2D eigenvalue weighted by atomic mass is 10.2. The number of hydrogen-bond acceptors (Lipinski definition) is 7. The number of rotatable bonds is 8. The number of hydroxylamine groups is 2. The second kappa shape index (κ2) is 10.3. The van der Waals surface area contributed by atoms with Crippen LogP contribution in [0.5, 0.6) is 0 Å². The molecule has 1 aromatic carbocycles. The molecule has 0 unspecified atom stereocenters. The van der Waals surface area contributed by atoms with Gasteiger partial charge in [0.1, 0.15) is 5.82 Å². The lowest BCUT2D eigenvalue weighted by molar-refractivity contribution is -0.175. The molecule has 10 heteroatoms. The Labute approximate surface area is 179 Å². The highest BCUT2D eigenvalue weighted by atomic mass is 32.2. The predicted molar refractivity (Wildman–Crippen MR) is 109 cm³/mol. The van der Waals surface area contributed by atoms with Crippen molar-refractivity contribution in [1.82, 2.24) is 14.9 Å². The van der Waals surface area contributed by atoms with Crippen molar-refractivity contribution >= 4 is 23.6 Å². The van der Waals surface area contributed by atoms with E-state index in [-0.39, 0.29) is 24.5 Å². The first-order valence-corrected chi connectivity index (χ1v) is 10.9. The number of thioether (sulfide) groups is 1. The summed E-state index contributed by atoms with van der Waals surface area (Å²) >= 11 is 1.36. The third kappa shape index (κ3) is 5.12. The second-order valence-corrected chi connectivity index (χ2v) is 7.84. The highest BCUT2D eigenvalue weighted by Gasteiger charge is 2.36. The van der Waals surface area contributed by atoms with Crippen LogP contribution in [0.25, 0.3) is 0 Å². The number of morpholine rings is 1. The van der Waals surface area contributed by atoms with Crippen LogP contribution >= 0.6 is 11.8 Å². The maximum absolute atomic E-state index is 13.5. The molecule has 0 bridgehead atoms. The summed E-state index contributed by atoms with van der Waals surface area (Å²) in [5.41, 5.74) is 0.698. The van der Waals surface area contributed by atoms with E-state index in [0.29, 0.717) is 36.8 Å². The summed E-state index contributed by atoms with van der Waals surface area (Å²) in [6, 6.07) is 4.29. The minimum Gasteiger partial charge on any atom is -0.503 e. The average Bonchev–Trinajstić information content (AvgIpc) is 3.05. The van der Waals surface area contributed by atoms with Gasteiger partial charge in [0.15, 0.2) is 5.76 Å². The van der Waals surface area contributed by atoms with Crippen LogP contribution in [-0.4, -0.2) is 91.1 Å². The molecule has 164 valence electrons. The van der Waals surface area contributed by atoms with Crippen molar-refractivity contribution in [3.8, 4) is 0 Å².